The smallest absolute Gasteiger partial charge is 0.0635 e. The van der Waals surface area contributed by atoms with E-state index < -0.39 is 0 Å². The number of aliphatic hydroxyl groups excluding tert-OH is 1. The lowest BCUT2D eigenvalue weighted by Crippen LogP contribution is -2.42. The van der Waals surface area contributed by atoms with Gasteiger partial charge < -0.3 is 15.3 Å². The lowest BCUT2D eigenvalue weighted by Gasteiger charge is -2.38. The van der Waals surface area contributed by atoms with E-state index >= 15 is 0 Å². The minimum atomic E-state index is 0.217. The van der Waals surface area contributed by atoms with E-state index in [9.17, 15) is 5.11 Å². The number of benzene rings is 1. The van der Waals surface area contributed by atoms with Gasteiger partial charge in [0.2, 0.25) is 0 Å². The van der Waals surface area contributed by atoms with E-state index in [0.717, 1.165) is 43.1 Å². The summed E-state index contributed by atoms with van der Waals surface area (Å²) in [6.07, 6.45) is 4.56. The number of rotatable bonds is 6. The van der Waals surface area contributed by atoms with Gasteiger partial charge in [-0.1, -0.05) is 24.6 Å². The maximum atomic E-state index is 9.61. The molecule has 0 aromatic heterocycles. The molecule has 1 saturated heterocycles. The van der Waals surface area contributed by atoms with E-state index in [0.29, 0.717) is 0 Å². The number of halogens is 1. The molecule has 1 atom stereocenters. The molecule has 112 valence electrons. The molecule has 20 heavy (non-hydrogen) atoms. The predicted molar refractivity (Wildman–Crippen MR) is 85.5 cm³/mol. The second-order valence-electron chi connectivity index (χ2n) is 5.44. The van der Waals surface area contributed by atoms with Crippen molar-refractivity contribution in [2.24, 2.45) is 0 Å². The van der Waals surface area contributed by atoms with Crippen molar-refractivity contribution in [2.75, 3.05) is 24.6 Å². The molecule has 1 aromatic carbocycles. The molecule has 0 aliphatic carbocycles. The molecule has 0 saturated carbocycles. The average Bonchev–Trinajstić information content (AvgIpc) is 2.49. The molecule has 0 bridgehead atoms. The van der Waals surface area contributed by atoms with Gasteiger partial charge in [-0.2, -0.15) is 0 Å². The first-order valence-corrected chi connectivity index (χ1v) is 8.01. The minimum Gasteiger partial charge on any atom is -0.394 e. The maximum Gasteiger partial charge on any atom is 0.0635 e. The van der Waals surface area contributed by atoms with Gasteiger partial charge in [-0.05, 0) is 44.4 Å². The van der Waals surface area contributed by atoms with Crippen LogP contribution in [-0.2, 0) is 6.54 Å². The van der Waals surface area contributed by atoms with E-state index in [1.807, 2.05) is 12.1 Å². The molecule has 1 aromatic rings. The van der Waals surface area contributed by atoms with Crippen LogP contribution in [0.1, 0.15) is 38.2 Å². The Hall–Kier alpha value is -0.770. The molecule has 1 fully saturated rings. The van der Waals surface area contributed by atoms with Crippen molar-refractivity contribution in [3.63, 3.8) is 0 Å². The fourth-order valence-corrected chi connectivity index (χ4v) is 3.13. The Morgan fingerprint density at radius 1 is 1.40 bits per heavy atom. The minimum absolute atomic E-state index is 0.217. The molecule has 2 N–H and O–H groups in total. The Labute approximate surface area is 126 Å². The van der Waals surface area contributed by atoms with Crippen molar-refractivity contribution in [1.82, 2.24) is 5.32 Å². The van der Waals surface area contributed by atoms with Crippen LogP contribution < -0.4 is 10.2 Å². The summed E-state index contributed by atoms with van der Waals surface area (Å²) in [4.78, 5) is 2.33. The zero-order chi connectivity index (χ0) is 14.4. The van der Waals surface area contributed by atoms with Gasteiger partial charge in [0.25, 0.3) is 0 Å². The Balaban J connectivity index is 2.22. The van der Waals surface area contributed by atoms with Crippen LogP contribution in [0, 0.1) is 0 Å². The van der Waals surface area contributed by atoms with Gasteiger partial charge >= 0.3 is 0 Å². The molecule has 1 unspecified atom stereocenters. The first-order chi connectivity index (χ1) is 9.77. The molecule has 3 nitrogen and oxygen atoms in total. The Kier molecular flexibility index (Phi) is 6.14. The fraction of sp³-hybridized carbons (Fsp3) is 0.625. The first-order valence-electron chi connectivity index (χ1n) is 7.63. The first kappa shape index (κ1) is 15.6. The van der Waals surface area contributed by atoms with Crippen LogP contribution in [0.15, 0.2) is 18.2 Å². The van der Waals surface area contributed by atoms with Crippen LogP contribution in [0.5, 0.6) is 0 Å². The number of hydrogen-bond donors (Lipinski definition) is 2. The van der Waals surface area contributed by atoms with E-state index in [2.05, 4.69) is 23.2 Å². The topological polar surface area (TPSA) is 35.5 Å². The summed E-state index contributed by atoms with van der Waals surface area (Å²) in [5.74, 6) is 0. The molecule has 1 heterocycles. The summed E-state index contributed by atoms with van der Waals surface area (Å²) in [5, 5.41) is 13.9. The summed E-state index contributed by atoms with van der Waals surface area (Å²) in [6.45, 7) is 5.17. The predicted octanol–water partition coefficient (Wildman–Crippen LogP) is 3.19. The Morgan fingerprint density at radius 2 is 2.25 bits per heavy atom. The third-order valence-electron chi connectivity index (χ3n) is 3.97. The maximum absolute atomic E-state index is 9.61. The molecule has 0 spiro atoms. The highest BCUT2D eigenvalue weighted by molar-refractivity contribution is 6.31. The third kappa shape index (κ3) is 3.66. The molecule has 0 radical (unpaired) electrons. The van der Waals surface area contributed by atoms with E-state index in [1.165, 1.54) is 18.5 Å². The standard InChI is InChI=1S/C16H25ClN2O/c1-2-9-18-11-14-15(17)7-5-8-16(14)19-10-4-3-6-13(19)12-20/h5,7-8,13,18,20H,2-4,6,9-12H2,1H3. The molecule has 1 aliphatic heterocycles. The van der Waals surface area contributed by atoms with Gasteiger partial charge in [-0.3, -0.25) is 0 Å². The van der Waals surface area contributed by atoms with E-state index in [4.69, 9.17) is 11.6 Å². The van der Waals surface area contributed by atoms with Gasteiger partial charge in [-0.15, -0.1) is 0 Å². The van der Waals surface area contributed by atoms with Crippen LogP contribution >= 0.6 is 11.6 Å². The molecule has 0 amide bonds. The molecule has 2 rings (SSSR count). The summed E-state index contributed by atoms with van der Waals surface area (Å²) in [5.41, 5.74) is 2.34. The number of nitrogens with one attached hydrogen (secondary N) is 1. The van der Waals surface area contributed by atoms with Crippen molar-refractivity contribution in [3.8, 4) is 0 Å². The van der Waals surface area contributed by atoms with Crippen molar-refractivity contribution >= 4 is 17.3 Å². The van der Waals surface area contributed by atoms with Crippen molar-refractivity contribution in [3.05, 3.63) is 28.8 Å². The Bertz CT molecular complexity index is 425. The lowest BCUT2D eigenvalue weighted by atomic mass is 10.00. The van der Waals surface area contributed by atoms with Crippen LogP contribution in [0.3, 0.4) is 0 Å². The monoisotopic (exact) mass is 296 g/mol. The number of hydrogen-bond acceptors (Lipinski definition) is 3. The zero-order valence-corrected chi connectivity index (χ0v) is 13.0. The van der Waals surface area contributed by atoms with Crippen molar-refractivity contribution < 1.29 is 5.11 Å². The number of piperidine rings is 1. The van der Waals surface area contributed by atoms with Gasteiger partial charge in [0.05, 0.1) is 12.6 Å². The summed E-state index contributed by atoms with van der Waals surface area (Å²) in [6, 6.07) is 6.31. The van der Waals surface area contributed by atoms with Crippen LogP contribution in [-0.4, -0.2) is 30.8 Å². The highest BCUT2D eigenvalue weighted by atomic mass is 35.5. The summed E-state index contributed by atoms with van der Waals surface area (Å²) >= 11 is 6.39. The number of nitrogens with zero attached hydrogens (tertiary/aromatic N) is 1. The summed E-state index contributed by atoms with van der Waals surface area (Å²) < 4.78 is 0. The van der Waals surface area contributed by atoms with E-state index in [1.54, 1.807) is 0 Å². The van der Waals surface area contributed by atoms with Crippen molar-refractivity contribution in [2.45, 2.75) is 45.2 Å². The van der Waals surface area contributed by atoms with Crippen molar-refractivity contribution in [1.29, 1.82) is 0 Å². The van der Waals surface area contributed by atoms with Gasteiger partial charge in [0, 0.05) is 29.4 Å². The molecule has 1 aliphatic rings. The number of anilines is 1. The second-order valence-corrected chi connectivity index (χ2v) is 5.85. The van der Waals surface area contributed by atoms with Crippen LogP contribution in [0.25, 0.3) is 0 Å². The van der Waals surface area contributed by atoms with Gasteiger partial charge in [0.15, 0.2) is 0 Å². The molecular formula is C16H25ClN2O. The second kappa shape index (κ2) is 7.87. The quantitative estimate of drug-likeness (QED) is 0.792. The highest BCUT2D eigenvalue weighted by Gasteiger charge is 2.24. The highest BCUT2D eigenvalue weighted by Crippen LogP contribution is 2.32. The average molecular weight is 297 g/mol. The summed E-state index contributed by atoms with van der Waals surface area (Å²) in [7, 11) is 0. The van der Waals surface area contributed by atoms with Crippen LogP contribution in [0.4, 0.5) is 5.69 Å². The SMILES string of the molecule is CCCNCc1c(Cl)cccc1N1CCCCC1CO. The molecule has 4 heteroatoms. The molecular weight excluding hydrogens is 272 g/mol. The van der Waals surface area contributed by atoms with Crippen LogP contribution in [0.2, 0.25) is 5.02 Å². The fourth-order valence-electron chi connectivity index (χ4n) is 2.89. The normalized spacial score (nSPS) is 19.4. The largest absolute Gasteiger partial charge is 0.394 e. The Morgan fingerprint density at radius 3 is 3.00 bits per heavy atom. The zero-order valence-electron chi connectivity index (χ0n) is 12.2. The van der Waals surface area contributed by atoms with E-state index in [-0.39, 0.29) is 12.6 Å². The lowest BCUT2D eigenvalue weighted by molar-refractivity contribution is 0.240. The number of aliphatic hydroxyl groups is 1. The van der Waals surface area contributed by atoms with Gasteiger partial charge in [0.1, 0.15) is 0 Å². The third-order valence-corrected chi connectivity index (χ3v) is 4.32. The van der Waals surface area contributed by atoms with Gasteiger partial charge in [-0.25, -0.2) is 0 Å².